The third-order valence-corrected chi connectivity index (χ3v) is 3.67. The monoisotopic (exact) mass is 289 g/mol. The van der Waals surface area contributed by atoms with Crippen LogP contribution in [-0.4, -0.2) is 33.0 Å². The third-order valence-electron chi connectivity index (χ3n) is 3.67. The Labute approximate surface area is 122 Å². The quantitative estimate of drug-likeness (QED) is 0.870. The van der Waals surface area contributed by atoms with Gasteiger partial charge in [0.05, 0.1) is 0 Å². The summed E-state index contributed by atoms with van der Waals surface area (Å²) in [4.78, 5) is 28.7. The lowest BCUT2D eigenvalue weighted by Gasteiger charge is -2.19. The molecule has 0 aliphatic heterocycles. The third kappa shape index (κ3) is 2.95. The lowest BCUT2D eigenvalue weighted by molar-refractivity contribution is 0.0914. The van der Waals surface area contributed by atoms with Gasteiger partial charge in [-0.15, -0.1) is 0 Å². The smallest absolute Gasteiger partial charge is 0.270 e. The van der Waals surface area contributed by atoms with E-state index >= 15 is 0 Å². The highest BCUT2D eigenvalue weighted by Gasteiger charge is 2.18. The van der Waals surface area contributed by atoms with Gasteiger partial charge in [0.25, 0.3) is 11.5 Å². The Kier molecular flexibility index (Phi) is 4.37. The number of carbonyl (C=O) groups is 1. The van der Waals surface area contributed by atoms with E-state index in [0.717, 1.165) is 5.56 Å². The number of nitrogens with one attached hydrogen (secondary N) is 1. The first-order valence-electron chi connectivity index (χ1n) is 6.84. The van der Waals surface area contributed by atoms with Gasteiger partial charge in [-0.3, -0.25) is 14.0 Å². The zero-order chi connectivity index (χ0) is 15.6. The molecule has 2 unspecified atom stereocenters. The summed E-state index contributed by atoms with van der Waals surface area (Å²) in [6, 6.07) is 3.36. The van der Waals surface area contributed by atoms with Crippen LogP contribution in [0.3, 0.4) is 0 Å². The Morgan fingerprint density at radius 1 is 1.48 bits per heavy atom. The van der Waals surface area contributed by atoms with E-state index in [2.05, 4.69) is 10.3 Å². The normalized spacial score (nSPS) is 13.9. The van der Waals surface area contributed by atoms with E-state index < -0.39 is 11.5 Å². The Morgan fingerprint density at radius 3 is 2.86 bits per heavy atom. The van der Waals surface area contributed by atoms with Crippen LogP contribution < -0.4 is 10.9 Å². The molecule has 0 aliphatic carbocycles. The van der Waals surface area contributed by atoms with Crippen molar-refractivity contribution >= 4 is 11.6 Å². The van der Waals surface area contributed by atoms with E-state index in [-0.39, 0.29) is 24.1 Å². The predicted molar refractivity (Wildman–Crippen MR) is 79.4 cm³/mol. The number of nitrogens with zero attached hydrogens (tertiary/aromatic N) is 2. The molecular formula is C15H19N3O3. The van der Waals surface area contributed by atoms with E-state index in [0.29, 0.717) is 5.65 Å². The fourth-order valence-electron chi connectivity index (χ4n) is 1.99. The highest BCUT2D eigenvalue weighted by Crippen LogP contribution is 2.06. The maximum Gasteiger partial charge on any atom is 0.270 e. The van der Waals surface area contributed by atoms with Crippen molar-refractivity contribution in [1.82, 2.24) is 14.7 Å². The molecule has 0 saturated heterocycles. The van der Waals surface area contributed by atoms with Gasteiger partial charge in [0.15, 0.2) is 0 Å². The molecule has 2 aromatic rings. The summed E-state index contributed by atoms with van der Waals surface area (Å²) < 4.78 is 1.37. The van der Waals surface area contributed by atoms with Gasteiger partial charge in [0.2, 0.25) is 0 Å². The van der Waals surface area contributed by atoms with Crippen molar-refractivity contribution in [3.8, 4) is 0 Å². The Bertz CT molecular complexity index is 724. The van der Waals surface area contributed by atoms with Crippen LogP contribution in [0.15, 0.2) is 29.3 Å². The van der Waals surface area contributed by atoms with Gasteiger partial charge in [-0.25, -0.2) is 4.98 Å². The van der Waals surface area contributed by atoms with Gasteiger partial charge in [-0.1, -0.05) is 13.0 Å². The van der Waals surface area contributed by atoms with Crippen molar-refractivity contribution in [2.24, 2.45) is 5.92 Å². The van der Waals surface area contributed by atoms with Gasteiger partial charge in [-0.05, 0) is 31.4 Å². The summed E-state index contributed by atoms with van der Waals surface area (Å²) in [6.45, 7) is 5.43. The lowest BCUT2D eigenvalue weighted by Crippen LogP contribution is -2.41. The van der Waals surface area contributed by atoms with Gasteiger partial charge in [0.1, 0.15) is 11.2 Å². The number of aliphatic hydroxyl groups is 1. The second-order valence-corrected chi connectivity index (χ2v) is 5.28. The van der Waals surface area contributed by atoms with E-state index in [1.54, 1.807) is 19.2 Å². The first-order valence-corrected chi connectivity index (χ1v) is 6.84. The number of aromatic nitrogens is 2. The largest absolute Gasteiger partial charge is 0.396 e. The summed E-state index contributed by atoms with van der Waals surface area (Å²) in [6.07, 6.45) is 2.89. The number of fused-ring (bicyclic) bond motifs is 1. The highest BCUT2D eigenvalue weighted by atomic mass is 16.3. The summed E-state index contributed by atoms with van der Waals surface area (Å²) in [5.41, 5.74) is 1.000. The van der Waals surface area contributed by atoms with Gasteiger partial charge < -0.3 is 10.4 Å². The average Bonchev–Trinajstić information content (AvgIpc) is 2.47. The van der Waals surface area contributed by atoms with E-state index in [1.807, 2.05) is 19.9 Å². The zero-order valence-corrected chi connectivity index (χ0v) is 12.3. The first-order chi connectivity index (χ1) is 9.95. The molecule has 0 bridgehead atoms. The minimum atomic E-state index is -0.476. The van der Waals surface area contributed by atoms with E-state index in [1.165, 1.54) is 10.6 Å². The second-order valence-electron chi connectivity index (χ2n) is 5.28. The van der Waals surface area contributed by atoms with Crippen molar-refractivity contribution in [3.63, 3.8) is 0 Å². The molecule has 2 atom stereocenters. The standard InChI is InChI=1S/C15H19N3O3/c1-9-5-4-6-18-13(9)16-7-12(15(18)21)14(20)17-11(3)10(2)8-19/h4-7,10-11,19H,8H2,1-3H3,(H,17,20). The van der Waals surface area contributed by atoms with Crippen molar-refractivity contribution in [1.29, 1.82) is 0 Å². The van der Waals surface area contributed by atoms with Crippen molar-refractivity contribution < 1.29 is 9.90 Å². The first kappa shape index (κ1) is 15.2. The average molecular weight is 289 g/mol. The van der Waals surface area contributed by atoms with E-state index in [4.69, 9.17) is 5.11 Å². The number of amides is 1. The molecular weight excluding hydrogens is 270 g/mol. The van der Waals surface area contributed by atoms with Gasteiger partial charge in [0, 0.05) is 25.0 Å². The zero-order valence-electron chi connectivity index (χ0n) is 12.3. The van der Waals surface area contributed by atoms with Crippen LogP contribution in [0, 0.1) is 12.8 Å². The van der Waals surface area contributed by atoms with Crippen LogP contribution in [0.4, 0.5) is 0 Å². The van der Waals surface area contributed by atoms with Crippen LogP contribution in [0.5, 0.6) is 0 Å². The maximum absolute atomic E-state index is 12.4. The summed E-state index contributed by atoms with van der Waals surface area (Å²) in [7, 11) is 0. The molecule has 6 heteroatoms. The molecule has 0 aliphatic rings. The number of aryl methyl sites for hydroxylation is 1. The van der Waals surface area contributed by atoms with Crippen LogP contribution in [0.25, 0.3) is 5.65 Å². The van der Waals surface area contributed by atoms with Crippen LogP contribution in [0.2, 0.25) is 0 Å². The number of hydrogen-bond acceptors (Lipinski definition) is 4. The predicted octanol–water partition coefficient (Wildman–Crippen LogP) is 0.750. The minimum absolute atomic E-state index is 0.00455. The second kappa shape index (κ2) is 6.05. The van der Waals surface area contributed by atoms with Crippen molar-refractivity contribution in [2.45, 2.75) is 26.8 Å². The summed E-state index contributed by atoms with van der Waals surface area (Å²) in [5.74, 6) is -0.566. The molecule has 6 nitrogen and oxygen atoms in total. The lowest BCUT2D eigenvalue weighted by atomic mass is 10.0. The minimum Gasteiger partial charge on any atom is -0.396 e. The van der Waals surface area contributed by atoms with Gasteiger partial charge >= 0.3 is 0 Å². The molecule has 2 rings (SSSR count). The maximum atomic E-state index is 12.4. The number of pyridine rings is 1. The van der Waals surface area contributed by atoms with Gasteiger partial charge in [-0.2, -0.15) is 0 Å². The Morgan fingerprint density at radius 2 is 2.19 bits per heavy atom. The fraction of sp³-hybridized carbons (Fsp3) is 0.400. The molecule has 2 heterocycles. The van der Waals surface area contributed by atoms with Crippen molar-refractivity contribution in [2.75, 3.05) is 6.61 Å². The molecule has 1 amide bonds. The molecule has 2 N–H and O–H groups in total. The van der Waals surface area contributed by atoms with E-state index in [9.17, 15) is 9.59 Å². The summed E-state index contributed by atoms with van der Waals surface area (Å²) >= 11 is 0. The molecule has 0 spiro atoms. The number of carbonyl (C=O) groups excluding carboxylic acids is 1. The fourth-order valence-corrected chi connectivity index (χ4v) is 1.99. The molecule has 0 fully saturated rings. The topological polar surface area (TPSA) is 83.7 Å². The van der Waals surface area contributed by atoms with Crippen LogP contribution in [0.1, 0.15) is 29.8 Å². The molecule has 0 radical (unpaired) electrons. The molecule has 21 heavy (non-hydrogen) atoms. The molecule has 0 saturated carbocycles. The molecule has 0 aromatic carbocycles. The summed E-state index contributed by atoms with van der Waals surface area (Å²) in [5, 5.41) is 11.8. The number of rotatable bonds is 4. The Balaban J connectivity index is 2.37. The van der Waals surface area contributed by atoms with Crippen molar-refractivity contribution in [3.05, 3.63) is 46.0 Å². The number of hydrogen-bond donors (Lipinski definition) is 2. The molecule has 112 valence electrons. The highest BCUT2D eigenvalue weighted by molar-refractivity contribution is 5.93. The molecule has 2 aromatic heterocycles. The SMILES string of the molecule is Cc1cccn2c(=O)c(C(=O)NC(C)C(C)CO)cnc12. The van der Waals surface area contributed by atoms with Crippen LogP contribution >= 0.6 is 0 Å². The Hall–Kier alpha value is -2.21. The number of aliphatic hydroxyl groups excluding tert-OH is 1. The van der Waals surface area contributed by atoms with Crippen LogP contribution in [-0.2, 0) is 0 Å².